The lowest BCUT2D eigenvalue weighted by Crippen LogP contribution is -2.34. The molecular weight excluding hydrogens is 350 g/mol. The van der Waals surface area contributed by atoms with Gasteiger partial charge in [0.15, 0.2) is 0 Å². The maximum Gasteiger partial charge on any atom is 0.331 e. The summed E-state index contributed by atoms with van der Waals surface area (Å²) >= 11 is 0. The average Bonchev–Trinajstić information content (AvgIpc) is 2.91. The van der Waals surface area contributed by atoms with E-state index in [-0.39, 0.29) is 22.9 Å². The summed E-state index contributed by atoms with van der Waals surface area (Å²) in [5, 5.41) is 21.5. The molecule has 0 spiro atoms. The van der Waals surface area contributed by atoms with E-state index in [1.165, 1.54) is 22.8 Å². The van der Waals surface area contributed by atoms with Gasteiger partial charge < -0.3 is 15.0 Å². The van der Waals surface area contributed by atoms with Gasteiger partial charge in [0.1, 0.15) is 5.56 Å². The first kappa shape index (κ1) is 18.6. The highest BCUT2D eigenvalue weighted by atomic mass is 16.4. The number of aromatic hydroxyl groups is 1. The second-order valence-corrected chi connectivity index (χ2v) is 6.61. The van der Waals surface area contributed by atoms with E-state index in [4.69, 9.17) is 0 Å². The molecule has 0 atom stereocenters. The Hall–Kier alpha value is -3.16. The third-order valence-corrected chi connectivity index (χ3v) is 4.77. The van der Waals surface area contributed by atoms with E-state index < -0.39 is 23.1 Å². The summed E-state index contributed by atoms with van der Waals surface area (Å²) in [6, 6.07) is 5.53. The van der Waals surface area contributed by atoms with Crippen molar-refractivity contribution in [2.75, 3.05) is 0 Å². The molecule has 2 aromatic rings. The van der Waals surface area contributed by atoms with Crippen LogP contribution in [-0.4, -0.2) is 26.8 Å². The number of nitrogens with one attached hydrogen (secondary N) is 1. The molecule has 0 bridgehead atoms. The third-order valence-electron chi connectivity index (χ3n) is 4.77. The molecular formula is C19H20N3O5-. The summed E-state index contributed by atoms with van der Waals surface area (Å²) in [6.07, 6.45) is 6.71. The summed E-state index contributed by atoms with van der Waals surface area (Å²) in [5.41, 5.74) is -1.30. The molecule has 1 fully saturated rings. The minimum absolute atomic E-state index is 0.0498. The van der Waals surface area contributed by atoms with Gasteiger partial charge in [0.25, 0.3) is 5.56 Å². The molecule has 2 N–H and O–H groups in total. The number of aromatic nitrogens is 2. The second-order valence-electron chi connectivity index (χ2n) is 6.61. The first-order valence-corrected chi connectivity index (χ1v) is 8.90. The van der Waals surface area contributed by atoms with Crippen molar-refractivity contribution in [1.29, 1.82) is 0 Å². The number of hydrogen-bond donors (Lipinski definition) is 2. The van der Waals surface area contributed by atoms with Crippen LogP contribution in [0.25, 0.3) is 0 Å². The van der Waals surface area contributed by atoms with E-state index >= 15 is 0 Å². The molecule has 1 aromatic carbocycles. The molecule has 0 saturated heterocycles. The number of nitrogens with zero attached hydrogens (tertiary/aromatic N) is 2. The number of hydrogen-bond acceptors (Lipinski definition) is 6. The summed E-state index contributed by atoms with van der Waals surface area (Å²) in [7, 11) is 0. The van der Waals surface area contributed by atoms with E-state index in [1.807, 2.05) is 0 Å². The van der Waals surface area contributed by atoms with Crippen LogP contribution in [0.1, 0.15) is 60.5 Å². The van der Waals surface area contributed by atoms with Crippen molar-refractivity contribution >= 4 is 17.9 Å². The van der Waals surface area contributed by atoms with Crippen molar-refractivity contribution in [3.05, 3.63) is 56.2 Å². The number of aliphatic imine (C=N–C) groups is 1. The molecule has 1 aromatic heterocycles. The highest BCUT2D eigenvalue weighted by molar-refractivity contribution is 5.88. The van der Waals surface area contributed by atoms with E-state index in [1.54, 1.807) is 6.07 Å². The highest BCUT2D eigenvalue weighted by Crippen LogP contribution is 2.29. The normalized spacial score (nSPS) is 15.7. The monoisotopic (exact) mass is 370 g/mol. The minimum atomic E-state index is -1.34. The van der Waals surface area contributed by atoms with Crippen LogP contribution >= 0.6 is 0 Å². The number of carbonyl (C=O) groups excluding carboxylic acids is 1. The summed E-state index contributed by atoms with van der Waals surface area (Å²) in [4.78, 5) is 41.6. The fourth-order valence-electron chi connectivity index (χ4n) is 3.38. The predicted octanol–water partition coefficient (Wildman–Crippen LogP) is 1.25. The van der Waals surface area contributed by atoms with Crippen LogP contribution in [0.15, 0.2) is 38.8 Å². The lowest BCUT2D eigenvalue weighted by molar-refractivity contribution is -0.255. The van der Waals surface area contributed by atoms with Gasteiger partial charge in [-0.25, -0.2) is 4.79 Å². The molecule has 8 nitrogen and oxygen atoms in total. The maximum atomic E-state index is 12.2. The molecule has 0 unspecified atom stereocenters. The molecule has 0 radical (unpaired) electrons. The number of benzene rings is 1. The fourth-order valence-corrected chi connectivity index (χ4v) is 3.38. The Labute approximate surface area is 154 Å². The van der Waals surface area contributed by atoms with Crippen LogP contribution in [0.5, 0.6) is 5.88 Å². The Kier molecular flexibility index (Phi) is 5.54. The Morgan fingerprint density at radius 3 is 2.59 bits per heavy atom. The molecule has 0 aliphatic heterocycles. The fraction of sp³-hybridized carbons (Fsp3) is 0.368. The van der Waals surface area contributed by atoms with Crippen LogP contribution in [0.2, 0.25) is 0 Å². The standard InChI is InChI=1S/C19H21N3O5/c23-16-15(11-20-13-7-5-6-12(10-13)18(25)26)17(24)22(19(27)21-16)14-8-3-1-2-4-9-14/h5-7,10-11,14,24H,1-4,8-9H2,(H,25,26)(H,21,23,27)/p-1. The third kappa shape index (κ3) is 4.16. The summed E-state index contributed by atoms with van der Waals surface area (Å²) in [5.74, 6) is -1.76. The van der Waals surface area contributed by atoms with Gasteiger partial charge in [-0.05, 0) is 30.5 Å². The van der Waals surface area contributed by atoms with Gasteiger partial charge in [-0.2, -0.15) is 0 Å². The van der Waals surface area contributed by atoms with Gasteiger partial charge in [0.05, 0.1) is 11.7 Å². The van der Waals surface area contributed by atoms with E-state index in [9.17, 15) is 24.6 Å². The predicted molar refractivity (Wildman–Crippen MR) is 97.8 cm³/mol. The lowest BCUT2D eigenvalue weighted by Gasteiger charge is -2.19. The molecule has 3 rings (SSSR count). The zero-order valence-electron chi connectivity index (χ0n) is 14.7. The van der Waals surface area contributed by atoms with Crippen LogP contribution < -0.4 is 16.4 Å². The van der Waals surface area contributed by atoms with Crippen LogP contribution in [0.3, 0.4) is 0 Å². The molecule has 1 saturated carbocycles. The lowest BCUT2D eigenvalue weighted by atomic mass is 10.1. The van der Waals surface area contributed by atoms with Gasteiger partial charge in [0.2, 0.25) is 5.88 Å². The topological polar surface area (TPSA) is 128 Å². The first-order chi connectivity index (χ1) is 13.0. The number of H-pyrrole nitrogens is 1. The van der Waals surface area contributed by atoms with Crippen LogP contribution in [-0.2, 0) is 0 Å². The highest BCUT2D eigenvalue weighted by Gasteiger charge is 2.21. The molecule has 1 aliphatic rings. The van der Waals surface area contributed by atoms with Crippen LogP contribution in [0, 0.1) is 0 Å². The Balaban J connectivity index is 1.99. The molecule has 1 heterocycles. The smallest absolute Gasteiger partial charge is 0.331 e. The van der Waals surface area contributed by atoms with Gasteiger partial charge >= 0.3 is 5.69 Å². The van der Waals surface area contributed by atoms with Gasteiger partial charge in [-0.3, -0.25) is 19.3 Å². The molecule has 0 amide bonds. The van der Waals surface area contributed by atoms with Crippen molar-refractivity contribution in [2.45, 2.75) is 44.6 Å². The van der Waals surface area contributed by atoms with E-state index in [2.05, 4.69) is 9.98 Å². The van der Waals surface area contributed by atoms with Gasteiger partial charge in [-0.1, -0.05) is 37.8 Å². The molecule has 1 aliphatic carbocycles. The number of rotatable bonds is 4. The quantitative estimate of drug-likeness (QED) is 0.618. The summed E-state index contributed by atoms with van der Waals surface area (Å²) in [6.45, 7) is 0. The SMILES string of the molecule is O=C([O-])c1cccc(N=Cc2c(O)n(C3CCCCCC3)c(=O)[nH]c2=O)c1. The molecule has 8 heteroatoms. The van der Waals surface area contributed by atoms with Crippen molar-refractivity contribution in [2.24, 2.45) is 4.99 Å². The van der Waals surface area contributed by atoms with Gasteiger partial charge in [-0.15, -0.1) is 0 Å². The average molecular weight is 370 g/mol. The minimum Gasteiger partial charge on any atom is -0.545 e. The van der Waals surface area contributed by atoms with Crippen LogP contribution in [0.4, 0.5) is 5.69 Å². The zero-order chi connectivity index (χ0) is 19.4. The van der Waals surface area contributed by atoms with Crippen molar-refractivity contribution in [3.63, 3.8) is 0 Å². The van der Waals surface area contributed by atoms with Crippen molar-refractivity contribution < 1.29 is 15.0 Å². The molecule has 142 valence electrons. The number of carbonyl (C=O) groups is 1. The van der Waals surface area contributed by atoms with E-state index in [0.717, 1.165) is 44.7 Å². The zero-order valence-corrected chi connectivity index (χ0v) is 14.7. The Morgan fingerprint density at radius 2 is 1.93 bits per heavy atom. The number of carboxylic acids is 1. The summed E-state index contributed by atoms with van der Waals surface area (Å²) < 4.78 is 1.23. The van der Waals surface area contributed by atoms with E-state index in [0.29, 0.717) is 0 Å². The van der Waals surface area contributed by atoms with Gasteiger partial charge in [0, 0.05) is 12.3 Å². The van der Waals surface area contributed by atoms with Crippen molar-refractivity contribution in [3.8, 4) is 5.88 Å². The van der Waals surface area contributed by atoms with Crippen molar-refractivity contribution in [1.82, 2.24) is 9.55 Å². The first-order valence-electron chi connectivity index (χ1n) is 8.90. The maximum absolute atomic E-state index is 12.2. The number of aromatic amines is 1. The molecule has 27 heavy (non-hydrogen) atoms. The Morgan fingerprint density at radius 1 is 1.22 bits per heavy atom. The largest absolute Gasteiger partial charge is 0.545 e. The number of aromatic carboxylic acids is 1. The second kappa shape index (κ2) is 8.03. The Bertz CT molecular complexity index is 982. The number of carboxylic acid groups (broad SMARTS) is 1.